The number of nitrogens with two attached hydrogens (primary N) is 2. The molecule has 0 atom stereocenters. The average Bonchev–Trinajstić information content (AvgIpc) is 2.59. The highest BCUT2D eigenvalue weighted by Gasteiger charge is 2.24. The summed E-state index contributed by atoms with van der Waals surface area (Å²) in [5.41, 5.74) is 11.6. The van der Waals surface area contributed by atoms with E-state index in [-0.39, 0.29) is 6.10 Å². The molecule has 0 saturated heterocycles. The molecule has 1 rings (SSSR count). The molecule has 0 aliphatic heterocycles. The number of hydrogen-bond acceptors (Lipinski definition) is 5. The van der Waals surface area contributed by atoms with E-state index < -0.39 is 5.91 Å². The number of nitrogens with zero attached hydrogens (tertiary/aromatic N) is 1. The van der Waals surface area contributed by atoms with Gasteiger partial charge >= 0.3 is 0 Å². The number of amides is 1. The van der Waals surface area contributed by atoms with Crippen LogP contribution in [-0.2, 0) is 0 Å². The number of rotatable bonds is 6. The average molecular weight is 271 g/mol. The van der Waals surface area contributed by atoms with E-state index in [0.717, 1.165) is 18.1 Å². The van der Waals surface area contributed by atoms with Crippen LogP contribution in [0.25, 0.3) is 0 Å². The van der Waals surface area contributed by atoms with Gasteiger partial charge in [-0.25, -0.2) is 0 Å². The number of carbonyl (C=O) groups is 1. The number of anilines is 2. The first kappa shape index (κ1) is 14.6. The lowest BCUT2D eigenvalue weighted by Crippen LogP contribution is -2.22. The van der Waals surface area contributed by atoms with Gasteiger partial charge in [0, 0.05) is 13.1 Å². The van der Waals surface area contributed by atoms with Crippen LogP contribution in [0.3, 0.4) is 0 Å². The molecule has 0 aliphatic carbocycles. The van der Waals surface area contributed by atoms with Crippen molar-refractivity contribution in [1.82, 2.24) is 0 Å². The predicted molar refractivity (Wildman–Crippen MR) is 76.6 cm³/mol. The molecule has 0 fully saturated rings. The Bertz CT molecular complexity index is 425. The molecule has 1 aromatic rings. The summed E-state index contributed by atoms with van der Waals surface area (Å²) >= 11 is 1.29. The first-order valence-electron chi connectivity index (χ1n) is 6.05. The van der Waals surface area contributed by atoms with Gasteiger partial charge in [-0.2, -0.15) is 0 Å². The van der Waals surface area contributed by atoms with E-state index in [9.17, 15) is 4.79 Å². The van der Waals surface area contributed by atoms with E-state index in [0.29, 0.717) is 16.3 Å². The Kier molecular flexibility index (Phi) is 4.84. The molecule has 1 amide bonds. The molecule has 0 aromatic carbocycles. The van der Waals surface area contributed by atoms with Crippen molar-refractivity contribution in [1.29, 1.82) is 0 Å². The van der Waals surface area contributed by atoms with Crippen molar-refractivity contribution in [2.75, 3.05) is 23.7 Å². The number of primary amides is 1. The smallest absolute Gasteiger partial charge is 0.261 e. The van der Waals surface area contributed by atoms with Crippen molar-refractivity contribution in [3.63, 3.8) is 0 Å². The van der Waals surface area contributed by atoms with Crippen molar-refractivity contribution in [2.45, 2.75) is 33.8 Å². The van der Waals surface area contributed by atoms with E-state index in [1.807, 2.05) is 27.7 Å². The minimum absolute atomic E-state index is 0.00283. The summed E-state index contributed by atoms with van der Waals surface area (Å²) < 4.78 is 5.73. The Labute approximate surface area is 112 Å². The minimum atomic E-state index is -0.510. The molecule has 0 bridgehead atoms. The van der Waals surface area contributed by atoms with E-state index in [1.165, 1.54) is 11.3 Å². The second-order valence-corrected chi connectivity index (χ2v) is 5.18. The van der Waals surface area contributed by atoms with Crippen LogP contribution in [-0.4, -0.2) is 25.1 Å². The normalized spacial score (nSPS) is 10.7. The summed E-state index contributed by atoms with van der Waals surface area (Å²) in [4.78, 5) is 13.8. The summed E-state index contributed by atoms with van der Waals surface area (Å²) in [5, 5.41) is 0.875. The van der Waals surface area contributed by atoms with Crippen LogP contribution in [0.2, 0.25) is 0 Å². The largest absolute Gasteiger partial charge is 0.486 e. The SMILES string of the molecule is CCN(CC)c1sc(C(N)=O)c(N)c1OC(C)C. The Morgan fingerprint density at radius 1 is 1.39 bits per heavy atom. The van der Waals surface area contributed by atoms with Crippen molar-refractivity contribution in [2.24, 2.45) is 5.73 Å². The molecule has 0 unspecified atom stereocenters. The van der Waals surface area contributed by atoms with Gasteiger partial charge in [0.05, 0.1) is 6.10 Å². The fraction of sp³-hybridized carbons (Fsp3) is 0.583. The van der Waals surface area contributed by atoms with E-state index >= 15 is 0 Å². The standard InChI is InChI=1S/C12H21N3O2S/c1-5-15(6-2)12-9(17-7(3)4)8(13)10(18-12)11(14)16/h7H,5-6,13H2,1-4H3,(H2,14,16). The van der Waals surface area contributed by atoms with Gasteiger partial charge < -0.3 is 21.1 Å². The van der Waals surface area contributed by atoms with Gasteiger partial charge in [0.1, 0.15) is 15.6 Å². The zero-order valence-corrected chi connectivity index (χ0v) is 12.1. The maximum absolute atomic E-state index is 11.4. The molecule has 0 spiro atoms. The van der Waals surface area contributed by atoms with Crippen LogP contribution < -0.4 is 21.1 Å². The lowest BCUT2D eigenvalue weighted by Gasteiger charge is -2.21. The van der Waals surface area contributed by atoms with E-state index in [4.69, 9.17) is 16.2 Å². The summed E-state index contributed by atoms with van der Waals surface area (Å²) in [5.74, 6) is 0.0667. The summed E-state index contributed by atoms with van der Waals surface area (Å²) in [7, 11) is 0. The molecule has 1 aromatic heterocycles. The Hall–Kier alpha value is -1.43. The number of nitrogen functional groups attached to an aromatic ring is 1. The van der Waals surface area contributed by atoms with Gasteiger partial charge in [-0.15, -0.1) is 11.3 Å². The molecule has 4 N–H and O–H groups in total. The molecule has 1 heterocycles. The summed E-state index contributed by atoms with van der Waals surface area (Å²) in [6, 6.07) is 0. The zero-order chi connectivity index (χ0) is 13.9. The van der Waals surface area contributed by atoms with Gasteiger partial charge in [-0.1, -0.05) is 0 Å². The van der Waals surface area contributed by atoms with Crippen LogP contribution in [0.5, 0.6) is 5.75 Å². The van der Waals surface area contributed by atoms with Crippen LogP contribution in [0, 0.1) is 0 Å². The second kappa shape index (κ2) is 5.95. The number of thiophene rings is 1. The van der Waals surface area contributed by atoms with Crippen molar-refractivity contribution in [3.05, 3.63) is 4.88 Å². The Morgan fingerprint density at radius 3 is 2.33 bits per heavy atom. The van der Waals surface area contributed by atoms with Crippen LogP contribution in [0.1, 0.15) is 37.4 Å². The summed E-state index contributed by atoms with van der Waals surface area (Å²) in [6.45, 7) is 9.58. The van der Waals surface area contributed by atoms with Crippen LogP contribution in [0.15, 0.2) is 0 Å². The zero-order valence-electron chi connectivity index (χ0n) is 11.3. The summed E-state index contributed by atoms with van der Waals surface area (Å²) in [6.07, 6.45) is -0.00283. The van der Waals surface area contributed by atoms with Gasteiger partial charge in [-0.3, -0.25) is 4.79 Å². The third kappa shape index (κ3) is 2.87. The number of ether oxygens (including phenoxy) is 1. The Balaban J connectivity index is 3.29. The second-order valence-electron chi connectivity index (χ2n) is 4.18. The van der Waals surface area contributed by atoms with Gasteiger partial charge in [0.15, 0.2) is 5.75 Å². The third-order valence-corrected chi connectivity index (χ3v) is 3.77. The number of hydrogen-bond donors (Lipinski definition) is 2. The quantitative estimate of drug-likeness (QED) is 0.829. The highest BCUT2D eigenvalue weighted by atomic mass is 32.1. The first-order chi connectivity index (χ1) is 8.42. The van der Waals surface area contributed by atoms with E-state index in [1.54, 1.807) is 0 Å². The molecule has 6 heteroatoms. The number of carbonyl (C=O) groups excluding carboxylic acids is 1. The molecule has 0 saturated carbocycles. The topological polar surface area (TPSA) is 81.6 Å². The predicted octanol–water partition coefficient (Wildman–Crippen LogP) is 2.06. The molecule has 102 valence electrons. The van der Waals surface area contributed by atoms with Gasteiger partial charge in [0.25, 0.3) is 5.91 Å². The maximum Gasteiger partial charge on any atom is 0.261 e. The van der Waals surface area contributed by atoms with Crippen LogP contribution in [0.4, 0.5) is 10.7 Å². The minimum Gasteiger partial charge on any atom is -0.486 e. The first-order valence-corrected chi connectivity index (χ1v) is 6.87. The maximum atomic E-state index is 11.4. The highest BCUT2D eigenvalue weighted by Crippen LogP contribution is 2.45. The highest BCUT2D eigenvalue weighted by molar-refractivity contribution is 7.19. The van der Waals surface area contributed by atoms with Crippen LogP contribution >= 0.6 is 11.3 Å². The van der Waals surface area contributed by atoms with Gasteiger partial charge in [0.2, 0.25) is 0 Å². The van der Waals surface area contributed by atoms with Crippen molar-refractivity contribution >= 4 is 27.9 Å². The molecule has 5 nitrogen and oxygen atoms in total. The molecular weight excluding hydrogens is 250 g/mol. The molecular formula is C12H21N3O2S. The van der Waals surface area contributed by atoms with E-state index in [2.05, 4.69) is 4.90 Å². The lowest BCUT2D eigenvalue weighted by molar-refractivity contribution is 0.100. The molecule has 18 heavy (non-hydrogen) atoms. The Morgan fingerprint density at radius 2 is 1.94 bits per heavy atom. The molecule has 0 radical (unpaired) electrons. The fourth-order valence-electron chi connectivity index (χ4n) is 1.67. The third-order valence-electron chi connectivity index (χ3n) is 2.51. The fourth-order valence-corrected chi connectivity index (χ4v) is 2.80. The van der Waals surface area contributed by atoms with Crippen molar-refractivity contribution < 1.29 is 9.53 Å². The molecule has 0 aliphatic rings. The monoisotopic (exact) mass is 271 g/mol. The lowest BCUT2D eigenvalue weighted by atomic mass is 10.3. The van der Waals surface area contributed by atoms with Crippen molar-refractivity contribution in [3.8, 4) is 5.75 Å². The van der Waals surface area contributed by atoms with Gasteiger partial charge in [-0.05, 0) is 27.7 Å².